The van der Waals surface area contributed by atoms with E-state index < -0.39 is 0 Å². The Morgan fingerprint density at radius 2 is 2.30 bits per heavy atom. The average molecular weight is 337 g/mol. The van der Waals surface area contributed by atoms with Gasteiger partial charge in [0.25, 0.3) is 5.91 Å². The summed E-state index contributed by atoms with van der Waals surface area (Å²) in [7, 11) is 0. The molecule has 106 valence electrons. The minimum absolute atomic E-state index is 0.0259. The van der Waals surface area contributed by atoms with Crippen molar-refractivity contribution in [1.82, 2.24) is 15.1 Å². The van der Waals surface area contributed by atoms with E-state index in [9.17, 15) is 4.79 Å². The number of rotatable bonds is 4. The molecular formula is C14H17BrN4O. The number of benzene rings is 1. The molecule has 3 N–H and O–H groups in total. The number of carbonyl (C=O) groups excluding carboxylic acids is 1. The summed E-state index contributed by atoms with van der Waals surface area (Å²) in [5.41, 5.74) is 7.85. The molecule has 6 heteroatoms. The van der Waals surface area contributed by atoms with Crippen molar-refractivity contribution < 1.29 is 4.79 Å². The van der Waals surface area contributed by atoms with Crippen LogP contribution in [0, 0.1) is 6.92 Å². The number of nitrogens with one attached hydrogen (secondary N) is 1. The van der Waals surface area contributed by atoms with Gasteiger partial charge in [-0.2, -0.15) is 5.10 Å². The number of hydrogen-bond acceptors (Lipinski definition) is 3. The van der Waals surface area contributed by atoms with Crippen LogP contribution in [0.5, 0.6) is 0 Å². The summed E-state index contributed by atoms with van der Waals surface area (Å²) in [6, 6.07) is 5.40. The second kappa shape index (κ2) is 6.09. The number of amides is 1. The van der Waals surface area contributed by atoms with Crippen LogP contribution in [0.1, 0.15) is 22.8 Å². The lowest BCUT2D eigenvalue weighted by Gasteiger charge is -2.16. The van der Waals surface area contributed by atoms with E-state index in [0.29, 0.717) is 17.8 Å². The van der Waals surface area contributed by atoms with E-state index in [1.165, 1.54) is 0 Å². The predicted octanol–water partition coefficient (Wildman–Crippen LogP) is 2.35. The van der Waals surface area contributed by atoms with E-state index in [-0.39, 0.29) is 11.9 Å². The summed E-state index contributed by atoms with van der Waals surface area (Å²) >= 11 is 3.36. The molecule has 2 aromatic rings. The molecule has 0 radical (unpaired) electrons. The summed E-state index contributed by atoms with van der Waals surface area (Å²) in [4.78, 5) is 12.3. The molecule has 20 heavy (non-hydrogen) atoms. The molecule has 0 spiro atoms. The van der Waals surface area contributed by atoms with Crippen LogP contribution >= 0.6 is 15.9 Å². The highest BCUT2D eigenvalue weighted by Gasteiger charge is 2.14. The van der Waals surface area contributed by atoms with E-state index in [1.807, 2.05) is 26.1 Å². The zero-order valence-electron chi connectivity index (χ0n) is 11.4. The Morgan fingerprint density at radius 3 is 2.95 bits per heavy atom. The molecule has 0 fully saturated rings. The maximum atomic E-state index is 12.3. The van der Waals surface area contributed by atoms with Crippen molar-refractivity contribution >= 4 is 27.5 Å². The van der Waals surface area contributed by atoms with Gasteiger partial charge in [0.05, 0.1) is 6.54 Å². The molecule has 1 amide bonds. The van der Waals surface area contributed by atoms with Gasteiger partial charge in [-0.15, -0.1) is 0 Å². The minimum Gasteiger partial charge on any atom is -0.398 e. The molecule has 1 atom stereocenters. The number of hydrogen-bond donors (Lipinski definition) is 2. The summed E-state index contributed by atoms with van der Waals surface area (Å²) in [5, 5.41) is 7.07. The Labute approximate surface area is 126 Å². The number of aromatic nitrogens is 2. The standard InChI is InChI=1S/C14H17BrN4O/c1-9(8-19-5-3-4-17-19)18-14(20)12-6-11(15)7-13(16)10(12)2/h3-7,9H,8,16H2,1-2H3,(H,18,20). The Bertz CT molecular complexity index is 610. The highest BCUT2D eigenvalue weighted by Crippen LogP contribution is 2.22. The van der Waals surface area contributed by atoms with Crippen molar-refractivity contribution in [3.8, 4) is 0 Å². The molecule has 1 aromatic carbocycles. The molecule has 1 unspecified atom stereocenters. The van der Waals surface area contributed by atoms with Gasteiger partial charge in [-0.25, -0.2) is 0 Å². The number of anilines is 1. The first-order valence-electron chi connectivity index (χ1n) is 6.31. The molecule has 0 saturated carbocycles. The van der Waals surface area contributed by atoms with Crippen molar-refractivity contribution in [2.45, 2.75) is 26.4 Å². The maximum Gasteiger partial charge on any atom is 0.251 e. The van der Waals surface area contributed by atoms with Gasteiger partial charge in [0, 0.05) is 34.2 Å². The second-order valence-electron chi connectivity index (χ2n) is 4.77. The molecule has 0 aliphatic rings. The van der Waals surface area contributed by atoms with Crippen LogP contribution in [0.3, 0.4) is 0 Å². The summed E-state index contributed by atoms with van der Waals surface area (Å²) in [6.45, 7) is 4.41. The van der Waals surface area contributed by atoms with Crippen molar-refractivity contribution in [3.63, 3.8) is 0 Å². The molecule has 0 saturated heterocycles. The number of nitrogen functional groups attached to an aromatic ring is 1. The molecule has 0 aliphatic carbocycles. The quantitative estimate of drug-likeness (QED) is 0.841. The molecular weight excluding hydrogens is 320 g/mol. The first-order chi connectivity index (χ1) is 9.47. The smallest absolute Gasteiger partial charge is 0.251 e. The fourth-order valence-electron chi connectivity index (χ4n) is 1.97. The largest absolute Gasteiger partial charge is 0.398 e. The van der Waals surface area contributed by atoms with Crippen molar-refractivity contribution in [1.29, 1.82) is 0 Å². The van der Waals surface area contributed by atoms with Crippen LogP contribution in [-0.2, 0) is 6.54 Å². The second-order valence-corrected chi connectivity index (χ2v) is 5.69. The number of nitrogens with two attached hydrogens (primary N) is 1. The van der Waals surface area contributed by atoms with Gasteiger partial charge >= 0.3 is 0 Å². The summed E-state index contributed by atoms with van der Waals surface area (Å²) in [6.07, 6.45) is 3.58. The fraction of sp³-hybridized carbons (Fsp3) is 0.286. The lowest BCUT2D eigenvalue weighted by atomic mass is 10.1. The third-order valence-electron chi connectivity index (χ3n) is 3.05. The Balaban J connectivity index is 2.08. The van der Waals surface area contributed by atoms with Gasteiger partial charge in [-0.05, 0) is 37.6 Å². The molecule has 1 aromatic heterocycles. The minimum atomic E-state index is -0.129. The monoisotopic (exact) mass is 336 g/mol. The first kappa shape index (κ1) is 14.6. The molecule has 1 heterocycles. The lowest BCUT2D eigenvalue weighted by Crippen LogP contribution is -2.36. The van der Waals surface area contributed by atoms with E-state index in [2.05, 4.69) is 26.3 Å². The topological polar surface area (TPSA) is 72.9 Å². The van der Waals surface area contributed by atoms with Gasteiger partial charge in [0.15, 0.2) is 0 Å². The number of halogens is 1. The lowest BCUT2D eigenvalue weighted by molar-refractivity contribution is 0.0935. The maximum absolute atomic E-state index is 12.3. The Kier molecular flexibility index (Phi) is 4.44. The van der Waals surface area contributed by atoms with E-state index in [0.717, 1.165) is 10.0 Å². The predicted molar refractivity (Wildman–Crippen MR) is 82.4 cm³/mol. The Hall–Kier alpha value is -1.82. The van der Waals surface area contributed by atoms with Crippen molar-refractivity contribution in [3.05, 3.63) is 46.2 Å². The van der Waals surface area contributed by atoms with Crippen LogP contribution in [-0.4, -0.2) is 21.7 Å². The fourth-order valence-corrected chi connectivity index (χ4v) is 2.45. The van der Waals surface area contributed by atoms with Gasteiger partial charge in [-0.1, -0.05) is 15.9 Å². The van der Waals surface area contributed by atoms with Crippen molar-refractivity contribution in [2.24, 2.45) is 0 Å². The third-order valence-corrected chi connectivity index (χ3v) is 3.51. The van der Waals surface area contributed by atoms with E-state index >= 15 is 0 Å². The third kappa shape index (κ3) is 3.39. The van der Waals surface area contributed by atoms with Crippen LogP contribution < -0.4 is 11.1 Å². The van der Waals surface area contributed by atoms with E-state index in [1.54, 1.807) is 23.0 Å². The van der Waals surface area contributed by atoms with Gasteiger partial charge < -0.3 is 11.1 Å². The highest BCUT2D eigenvalue weighted by atomic mass is 79.9. The summed E-state index contributed by atoms with van der Waals surface area (Å²) in [5.74, 6) is -0.129. The molecule has 5 nitrogen and oxygen atoms in total. The van der Waals surface area contributed by atoms with Crippen LogP contribution in [0.2, 0.25) is 0 Å². The SMILES string of the molecule is Cc1c(N)cc(Br)cc1C(=O)NC(C)Cn1cccn1. The summed E-state index contributed by atoms with van der Waals surface area (Å²) < 4.78 is 2.58. The average Bonchev–Trinajstić information content (AvgIpc) is 2.86. The molecule has 0 aliphatic heterocycles. The van der Waals surface area contributed by atoms with Crippen molar-refractivity contribution in [2.75, 3.05) is 5.73 Å². The highest BCUT2D eigenvalue weighted by molar-refractivity contribution is 9.10. The van der Waals surface area contributed by atoms with Gasteiger partial charge in [-0.3, -0.25) is 9.48 Å². The molecule has 2 rings (SSSR count). The van der Waals surface area contributed by atoms with Crippen LogP contribution in [0.25, 0.3) is 0 Å². The number of nitrogens with zero attached hydrogens (tertiary/aromatic N) is 2. The zero-order valence-corrected chi connectivity index (χ0v) is 13.0. The van der Waals surface area contributed by atoms with Gasteiger partial charge in [0.2, 0.25) is 0 Å². The van der Waals surface area contributed by atoms with Crippen LogP contribution in [0.15, 0.2) is 35.1 Å². The van der Waals surface area contributed by atoms with E-state index in [4.69, 9.17) is 5.73 Å². The normalized spacial score (nSPS) is 12.2. The Morgan fingerprint density at radius 1 is 1.55 bits per heavy atom. The van der Waals surface area contributed by atoms with Gasteiger partial charge in [0.1, 0.15) is 0 Å². The zero-order chi connectivity index (χ0) is 14.7. The molecule has 0 bridgehead atoms. The van der Waals surface area contributed by atoms with Crippen LogP contribution in [0.4, 0.5) is 5.69 Å². The first-order valence-corrected chi connectivity index (χ1v) is 7.10. The number of carbonyl (C=O) groups is 1.